The summed E-state index contributed by atoms with van der Waals surface area (Å²) in [7, 11) is 0. The Hall–Kier alpha value is -5.40. The third-order valence-corrected chi connectivity index (χ3v) is 12.9. The van der Waals surface area contributed by atoms with Gasteiger partial charge in [-0.05, 0) is 135 Å². The molecule has 1 heterocycles. The second-order valence-electron chi connectivity index (χ2n) is 20.2. The zero-order chi connectivity index (χ0) is 58.9. The minimum Gasteiger partial charge on any atom is -0.479 e. The van der Waals surface area contributed by atoms with Gasteiger partial charge < -0.3 is 39.0 Å². The van der Waals surface area contributed by atoms with Crippen LogP contribution in [0.25, 0.3) is 0 Å². The largest absolute Gasteiger partial charge is 0.479 e. The molecule has 1 aliphatic rings. The Morgan fingerprint density at radius 2 is 0.741 bits per heavy atom. The van der Waals surface area contributed by atoms with E-state index in [1.165, 1.54) is 0 Å². The lowest BCUT2D eigenvalue weighted by Crippen LogP contribution is -2.61. The second kappa shape index (κ2) is 55.2. The van der Waals surface area contributed by atoms with Gasteiger partial charge in [-0.25, -0.2) is 4.79 Å². The van der Waals surface area contributed by atoms with E-state index < -0.39 is 67.3 Å². The molecular formula is C69H106O12. The lowest BCUT2D eigenvalue weighted by molar-refractivity contribution is -0.301. The number of allylic oxidation sites excluding steroid dienone is 24. The normalized spacial score (nSPS) is 18.8. The number of carboxylic acids is 1. The van der Waals surface area contributed by atoms with E-state index in [0.29, 0.717) is 25.7 Å². The highest BCUT2D eigenvalue weighted by molar-refractivity contribution is 5.74. The summed E-state index contributed by atoms with van der Waals surface area (Å²) in [5.41, 5.74) is 0. The number of aliphatic hydroxyl groups is 2. The van der Waals surface area contributed by atoms with Crippen molar-refractivity contribution in [3.05, 3.63) is 146 Å². The fraction of sp³-hybridized carbons (Fsp3) is 0.594. The topological polar surface area (TPSA) is 175 Å². The molecule has 12 heteroatoms. The molecular weight excluding hydrogens is 1020 g/mol. The van der Waals surface area contributed by atoms with Crippen molar-refractivity contribution in [1.82, 2.24) is 0 Å². The molecule has 0 aromatic carbocycles. The molecule has 454 valence electrons. The van der Waals surface area contributed by atoms with E-state index in [9.17, 15) is 34.5 Å². The molecule has 0 spiro atoms. The Morgan fingerprint density at radius 3 is 1.16 bits per heavy atom. The number of esters is 3. The van der Waals surface area contributed by atoms with Crippen LogP contribution in [0.2, 0.25) is 0 Å². The molecule has 0 radical (unpaired) electrons. The minimum absolute atomic E-state index is 0.00474. The standard InChI is InChI=1S/C69H106O12/c1-4-7-10-13-16-19-22-25-28-30-31-33-35-37-40-43-46-49-52-55-61(70)77-58-60(79-62(71)56-53-50-47-44-41-39-36-32-29-26-23-20-17-14-11-8-5-2)59-78-69-67(65(74)64(73)66(81-69)68(75)76)80-63(72)57-54-51-48-45-42-38-34-27-24-21-18-15-12-9-6-3/h7-12,16-21,25-29,31,33-34,37,40,42,45,60,64-67,69,73-74H,4-6,13-15,22-24,30,32,35-36,38-39,41,43-44,46-59H2,1-3H3,(H,75,76)/b10-7-,11-8-,12-9-,19-16-,20-17-,21-18-,28-25-,29-26-,33-31-,34-27-,40-37-,45-42-. The number of rotatable bonds is 50. The van der Waals surface area contributed by atoms with Crippen LogP contribution in [0, 0.1) is 0 Å². The predicted molar refractivity (Wildman–Crippen MR) is 330 cm³/mol. The number of aliphatic carboxylic acids is 1. The van der Waals surface area contributed by atoms with Crippen molar-refractivity contribution in [2.24, 2.45) is 0 Å². The number of unbranched alkanes of at least 4 members (excludes halogenated alkanes) is 12. The molecule has 12 nitrogen and oxygen atoms in total. The molecule has 3 N–H and O–H groups in total. The first-order valence-electron chi connectivity index (χ1n) is 30.8. The van der Waals surface area contributed by atoms with Gasteiger partial charge in [-0.15, -0.1) is 0 Å². The van der Waals surface area contributed by atoms with E-state index >= 15 is 0 Å². The zero-order valence-electron chi connectivity index (χ0n) is 50.0. The van der Waals surface area contributed by atoms with E-state index in [0.717, 1.165) is 148 Å². The van der Waals surface area contributed by atoms with Crippen LogP contribution in [-0.2, 0) is 42.9 Å². The number of carbonyl (C=O) groups is 4. The maximum Gasteiger partial charge on any atom is 0.335 e. The molecule has 1 aliphatic heterocycles. The van der Waals surface area contributed by atoms with Crippen LogP contribution < -0.4 is 0 Å². The van der Waals surface area contributed by atoms with Crippen molar-refractivity contribution in [2.45, 2.75) is 250 Å². The number of aliphatic hydroxyl groups excluding tert-OH is 2. The highest BCUT2D eigenvalue weighted by Crippen LogP contribution is 2.26. The molecule has 0 saturated carbocycles. The first kappa shape index (κ1) is 73.6. The van der Waals surface area contributed by atoms with E-state index in [2.05, 4.69) is 167 Å². The lowest BCUT2D eigenvalue weighted by atomic mass is 9.98. The lowest BCUT2D eigenvalue weighted by Gasteiger charge is -2.40. The Balaban J connectivity index is 2.74. The van der Waals surface area contributed by atoms with Crippen LogP contribution in [0.4, 0.5) is 0 Å². The average Bonchev–Trinajstić information content (AvgIpc) is 3.53. The number of ether oxygens (including phenoxy) is 5. The van der Waals surface area contributed by atoms with Crippen molar-refractivity contribution in [3.63, 3.8) is 0 Å². The van der Waals surface area contributed by atoms with Crippen molar-refractivity contribution < 1.29 is 58.2 Å². The first-order chi connectivity index (χ1) is 39.6. The highest BCUT2D eigenvalue weighted by Gasteiger charge is 2.50. The molecule has 1 saturated heterocycles. The molecule has 0 bridgehead atoms. The molecule has 6 unspecified atom stereocenters. The van der Waals surface area contributed by atoms with Crippen LogP contribution in [0.5, 0.6) is 0 Å². The summed E-state index contributed by atoms with van der Waals surface area (Å²) >= 11 is 0. The Kier molecular flexibility index (Phi) is 50.1. The van der Waals surface area contributed by atoms with Gasteiger partial charge in [0.05, 0.1) is 6.61 Å². The molecule has 81 heavy (non-hydrogen) atoms. The average molecular weight is 1130 g/mol. The maximum absolute atomic E-state index is 13.2. The Labute approximate surface area is 489 Å². The van der Waals surface area contributed by atoms with Crippen molar-refractivity contribution in [1.29, 1.82) is 0 Å². The van der Waals surface area contributed by atoms with Gasteiger partial charge in [0.15, 0.2) is 24.6 Å². The van der Waals surface area contributed by atoms with E-state index in [-0.39, 0.29) is 25.9 Å². The van der Waals surface area contributed by atoms with Gasteiger partial charge >= 0.3 is 23.9 Å². The van der Waals surface area contributed by atoms with Gasteiger partial charge in [-0.1, -0.05) is 205 Å². The number of carbonyl (C=O) groups excluding carboxylic acids is 3. The summed E-state index contributed by atoms with van der Waals surface area (Å²) in [5, 5.41) is 31.5. The maximum atomic E-state index is 13.2. The van der Waals surface area contributed by atoms with Crippen molar-refractivity contribution in [3.8, 4) is 0 Å². The van der Waals surface area contributed by atoms with Crippen LogP contribution in [0.3, 0.4) is 0 Å². The van der Waals surface area contributed by atoms with Gasteiger partial charge in [-0.3, -0.25) is 14.4 Å². The van der Waals surface area contributed by atoms with Crippen LogP contribution in [0.15, 0.2) is 146 Å². The summed E-state index contributed by atoms with van der Waals surface area (Å²) in [4.78, 5) is 51.2. The van der Waals surface area contributed by atoms with Gasteiger partial charge in [0.2, 0.25) is 0 Å². The quantitative estimate of drug-likeness (QED) is 0.0228. The summed E-state index contributed by atoms with van der Waals surface area (Å²) in [6.45, 7) is 5.59. The third-order valence-electron chi connectivity index (χ3n) is 12.9. The molecule has 0 amide bonds. The number of hydrogen-bond acceptors (Lipinski definition) is 11. The molecule has 6 atom stereocenters. The SMILES string of the molecule is CC/C=C\C/C=C\C/C=C\C/C=C\C/C=C\CCCCCC(=O)OCC(COC1OC(C(=O)O)C(O)C(O)C1OC(=O)CCCC/C=C\C/C=C\C/C=C\C/C=C\CC)OC(=O)CCCCCCCCC/C=C\C/C=C\C/C=C\CC. The van der Waals surface area contributed by atoms with Gasteiger partial charge in [0, 0.05) is 19.3 Å². The summed E-state index contributed by atoms with van der Waals surface area (Å²) < 4.78 is 28.4. The summed E-state index contributed by atoms with van der Waals surface area (Å²) in [6, 6.07) is 0. The predicted octanol–water partition coefficient (Wildman–Crippen LogP) is 16.3. The number of carboxylic acid groups (broad SMARTS) is 1. The van der Waals surface area contributed by atoms with E-state index in [1.54, 1.807) is 0 Å². The molecule has 1 fully saturated rings. The highest BCUT2D eigenvalue weighted by atomic mass is 16.7. The second-order valence-corrected chi connectivity index (χ2v) is 20.2. The Morgan fingerprint density at radius 1 is 0.407 bits per heavy atom. The van der Waals surface area contributed by atoms with Crippen molar-refractivity contribution in [2.75, 3.05) is 13.2 Å². The fourth-order valence-electron chi connectivity index (χ4n) is 8.28. The fourth-order valence-corrected chi connectivity index (χ4v) is 8.28. The summed E-state index contributed by atoms with van der Waals surface area (Å²) in [5.74, 6) is -3.25. The van der Waals surface area contributed by atoms with E-state index in [4.69, 9.17) is 23.7 Å². The molecule has 0 aromatic heterocycles. The number of hydrogen-bond donors (Lipinski definition) is 3. The third kappa shape index (κ3) is 44.9. The first-order valence-corrected chi connectivity index (χ1v) is 30.8. The molecule has 0 aromatic rings. The van der Waals surface area contributed by atoms with Crippen molar-refractivity contribution >= 4 is 23.9 Å². The minimum atomic E-state index is -1.93. The van der Waals surface area contributed by atoms with Gasteiger partial charge in [-0.2, -0.15) is 0 Å². The monoisotopic (exact) mass is 1130 g/mol. The zero-order valence-corrected chi connectivity index (χ0v) is 50.0. The van der Waals surface area contributed by atoms with Gasteiger partial charge in [0.25, 0.3) is 0 Å². The summed E-state index contributed by atoms with van der Waals surface area (Å²) in [6.07, 6.45) is 66.7. The molecule has 0 aliphatic carbocycles. The van der Waals surface area contributed by atoms with Crippen LogP contribution in [-0.4, -0.2) is 89.2 Å². The van der Waals surface area contributed by atoms with Crippen LogP contribution >= 0.6 is 0 Å². The Bertz CT molecular complexity index is 1960. The molecule has 1 rings (SSSR count). The van der Waals surface area contributed by atoms with Gasteiger partial charge in [0.1, 0.15) is 18.8 Å². The smallest absolute Gasteiger partial charge is 0.335 e. The van der Waals surface area contributed by atoms with E-state index in [1.807, 2.05) is 0 Å². The van der Waals surface area contributed by atoms with Crippen LogP contribution in [0.1, 0.15) is 213 Å².